The number of nitrogens with one attached hydrogen (secondary N) is 1. The van der Waals surface area contributed by atoms with Crippen LogP contribution in [-0.2, 0) is 11.2 Å². The summed E-state index contributed by atoms with van der Waals surface area (Å²) >= 11 is 0. The van der Waals surface area contributed by atoms with Crippen LogP contribution in [0.15, 0.2) is 41.7 Å². The fourth-order valence-electron chi connectivity index (χ4n) is 7.13. The van der Waals surface area contributed by atoms with Crippen molar-refractivity contribution in [2.45, 2.75) is 57.8 Å². The SMILES string of the molecule is C[C@]12CCC3c4cccc(F)c4CCC3C1[C@H](CCC(=O)Nc1ccc(C#N)cn1)C/C2=N\O. The van der Waals surface area contributed by atoms with Crippen molar-refractivity contribution in [2.24, 2.45) is 28.3 Å². The van der Waals surface area contributed by atoms with Gasteiger partial charge in [-0.2, -0.15) is 5.26 Å². The Kier molecular flexibility index (Phi) is 5.85. The Morgan fingerprint density at radius 2 is 2.21 bits per heavy atom. The summed E-state index contributed by atoms with van der Waals surface area (Å²) in [5.74, 6) is 1.46. The molecule has 3 aliphatic carbocycles. The highest BCUT2D eigenvalue weighted by Gasteiger charge is 2.57. The summed E-state index contributed by atoms with van der Waals surface area (Å²) in [5, 5.41) is 25.3. The number of hydrogen-bond acceptors (Lipinski definition) is 5. The summed E-state index contributed by atoms with van der Waals surface area (Å²) in [7, 11) is 0. The summed E-state index contributed by atoms with van der Waals surface area (Å²) in [5.41, 5.74) is 3.12. The minimum Gasteiger partial charge on any atom is -0.411 e. The fraction of sp³-hybridized carbons (Fsp3) is 0.481. The molecule has 1 aromatic heterocycles. The second-order valence-corrected chi connectivity index (χ2v) is 10.2. The van der Waals surface area contributed by atoms with E-state index in [0.29, 0.717) is 48.4 Å². The Hall–Kier alpha value is -3.27. The first-order chi connectivity index (χ1) is 16.4. The van der Waals surface area contributed by atoms with Crippen molar-refractivity contribution in [1.82, 2.24) is 4.98 Å². The Bertz CT molecular complexity index is 1170. The van der Waals surface area contributed by atoms with E-state index in [2.05, 4.69) is 28.4 Å². The number of benzene rings is 1. The maximum Gasteiger partial charge on any atom is 0.225 e. The normalized spacial score (nSPS) is 30.7. The molecule has 0 spiro atoms. The van der Waals surface area contributed by atoms with E-state index in [9.17, 15) is 14.4 Å². The van der Waals surface area contributed by atoms with Gasteiger partial charge in [0.05, 0.1) is 11.3 Å². The molecule has 0 bridgehead atoms. The molecule has 1 amide bonds. The van der Waals surface area contributed by atoms with Gasteiger partial charge in [0.15, 0.2) is 0 Å². The predicted octanol–water partition coefficient (Wildman–Crippen LogP) is 5.42. The molecular weight excluding hydrogens is 431 g/mol. The van der Waals surface area contributed by atoms with E-state index in [1.165, 1.54) is 6.20 Å². The number of nitrogens with zero attached hydrogens (tertiary/aromatic N) is 3. The third-order valence-corrected chi connectivity index (χ3v) is 8.62. The molecule has 0 saturated heterocycles. The molecule has 1 heterocycles. The van der Waals surface area contributed by atoms with Crippen LogP contribution in [0, 0.1) is 40.3 Å². The molecule has 5 rings (SSSR count). The highest BCUT2D eigenvalue weighted by atomic mass is 19.1. The lowest BCUT2D eigenvalue weighted by molar-refractivity contribution is -0.116. The number of carbonyl (C=O) groups excluding carboxylic acids is 1. The number of oxime groups is 1. The zero-order chi connectivity index (χ0) is 23.9. The van der Waals surface area contributed by atoms with Crippen LogP contribution < -0.4 is 5.32 Å². The van der Waals surface area contributed by atoms with E-state index < -0.39 is 0 Å². The van der Waals surface area contributed by atoms with E-state index in [4.69, 9.17) is 5.26 Å². The van der Waals surface area contributed by atoms with E-state index in [0.717, 1.165) is 42.5 Å². The Balaban J connectivity index is 1.33. The summed E-state index contributed by atoms with van der Waals surface area (Å²) in [4.78, 5) is 16.8. The van der Waals surface area contributed by atoms with Crippen LogP contribution in [0.5, 0.6) is 0 Å². The van der Waals surface area contributed by atoms with Gasteiger partial charge >= 0.3 is 0 Å². The molecule has 1 aromatic carbocycles. The van der Waals surface area contributed by atoms with E-state index in [1.807, 2.05) is 12.1 Å². The minimum absolute atomic E-state index is 0.0991. The van der Waals surface area contributed by atoms with Crippen LogP contribution in [0.1, 0.15) is 68.1 Å². The molecule has 2 saturated carbocycles. The molecular formula is C27H29FN4O2. The van der Waals surface area contributed by atoms with Crippen molar-refractivity contribution in [3.05, 3.63) is 59.0 Å². The first-order valence-electron chi connectivity index (χ1n) is 12.1. The predicted molar refractivity (Wildman–Crippen MR) is 126 cm³/mol. The number of aromatic nitrogens is 1. The highest BCUT2D eigenvalue weighted by molar-refractivity contribution is 5.93. The molecule has 2 N–H and O–H groups in total. The number of nitriles is 1. The number of hydrogen-bond donors (Lipinski definition) is 2. The smallest absolute Gasteiger partial charge is 0.225 e. The molecule has 3 aliphatic rings. The quantitative estimate of drug-likeness (QED) is 0.470. The number of pyridine rings is 1. The van der Waals surface area contributed by atoms with E-state index in [1.54, 1.807) is 18.2 Å². The summed E-state index contributed by atoms with van der Waals surface area (Å²) in [6.45, 7) is 2.21. The molecule has 6 nitrogen and oxygen atoms in total. The molecule has 3 unspecified atom stereocenters. The van der Waals surface area contributed by atoms with Gasteiger partial charge in [-0.25, -0.2) is 9.37 Å². The number of amides is 1. The molecule has 176 valence electrons. The lowest BCUT2D eigenvalue weighted by atomic mass is 9.54. The number of anilines is 1. The second kappa shape index (κ2) is 8.83. The van der Waals surface area contributed by atoms with E-state index >= 15 is 0 Å². The lowest BCUT2D eigenvalue weighted by Crippen LogP contribution is -2.44. The van der Waals surface area contributed by atoms with Crippen molar-refractivity contribution in [2.75, 3.05) is 5.32 Å². The molecule has 0 aliphatic heterocycles. The summed E-state index contributed by atoms with van der Waals surface area (Å²) < 4.78 is 14.5. The number of rotatable bonds is 4. The van der Waals surface area contributed by atoms with Crippen molar-refractivity contribution in [3.63, 3.8) is 0 Å². The highest BCUT2D eigenvalue weighted by Crippen LogP contribution is 2.62. The molecule has 2 fully saturated rings. The van der Waals surface area contributed by atoms with Gasteiger partial charge in [0.1, 0.15) is 17.7 Å². The van der Waals surface area contributed by atoms with Gasteiger partial charge in [-0.15, -0.1) is 0 Å². The molecule has 7 heteroatoms. The van der Waals surface area contributed by atoms with Gasteiger partial charge in [0.25, 0.3) is 0 Å². The number of fused-ring (bicyclic) bond motifs is 5. The molecule has 5 atom stereocenters. The fourth-order valence-corrected chi connectivity index (χ4v) is 7.13. The Morgan fingerprint density at radius 3 is 2.94 bits per heavy atom. The first-order valence-corrected chi connectivity index (χ1v) is 12.1. The molecule has 2 aromatic rings. The van der Waals surface area contributed by atoms with Crippen molar-refractivity contribution < 1.29 is 14.4 Å². The summed E-state index contributed by atoms with van der Waals surface area (Å²) in [6, 6.07) is 10.7. The van der Waals surface area contributed by atoms with Crippen LogP contribution in [0.4, 0.5) is 10.2 Å². The van der Waals surface area contributed by atoms with Gasteiger partial charge in [0.2, 0.25) is 5.91 Å². The van der Waals surface area contributed by atoms with Gasteiger partial charge in [-0.05, 0) is 91.5 Å². The van der Waals surface area contributed by atoms with Gasteiger partial charge in [-0.3, -0.25) is 4.79 Å². The van der Waals surface area contributed by atoms with Crippen molar-refractivity contribution >= 4 is 17.4 Å². The van der Waals surface area contributed by atoms with Crippen LogP contribution >= 0.6 is 0 Å². The van der Waals surface area contributed by atoms with Crippen LogP contribution in [0.2, 0.25) is 0 Å². The topological polar surface area (TPSA) is 98.4 Å². The monoisotopic (exact) mass is 460 g/mol. The van der Waals surface area contributed by atoms with Crippen LogP contribution in [-0.4, -0.2) is 21.8 Å². The maximum absolute atomic E-state index is 14.5. The second-order valence-electron chi connectivity index (χ2n) is 10.2. The standard InChI is InChI=1S/C27H29FN4O2/c1-27-12-11-19-18-3-2-4-22(28)20(18)7-8-21(19)26(27)17(13-23(27)32-34)6-10-25(33)31-24-9-5-16(14-29)15-30-24/h2-5,9,15,17,19,21,26,34H,6-8,10-13H2,1H3,(H,30,31,33)/b32-23+/t17-,19?,21?,26?,27-/m1/s1. The molecule has 0 radical (unpaired) electrons. The van der Waals surface area contributed by atoms with Crippen LogP contribution in [0.25, 0.3) is 0 Å². The third kappa shape index (κ3) is 3.75. The van der Waals surface area contributed by atoms with E-state index in [-0.39, 0.29) is 23.1 Å². The number of carbonyl (C=O) groups is 1. The lowest BCUT2D eigenvalue weighted by Gasteiger charge is -2.50. The van der Waals surface area contributed by atoms with Gasteiger partial charge in [-0.1, -0.05) is 24.2 Å². The average Bonchev–Trinajstić information content (AvgIpc) is 3.15. The first kappa shape index (κ1) is 22.5. The Morgan fingerprint density at radius 1 is 1.35 bits per heavy atom. The third-order valence-electron chi connectivity index (χ3n) is 8.62. The molecule has 34 heavy (non-hydrogen) atoms. The Labute approximate surface area is 198 Å². The van der Waals surface area contributed by atoms with Gasteiger partial charge in [0, 0.05) is 18.0 Å². The van der Waals surface area contributed by atoms with Crippen molar-refractivity contribution in [3.8, 4) is 6.07 Å². The zero-order valence-electron chi connectivity index (χ0n) is 19.3. The number of halogens is 1. The van der Waals surface area contributed by atoms with Gasteiger partial charge < -0.3 is 10.5 Å². The maximum atomic E-state index is 14.5. The van der Waals surface area contributed by atoms with Crippen molar-refractivity contribution in [1.29, 1.82) is 5.26 Å². The van der Waals surface area contributed by atoms with Crippen LogP contribution in [0.3, 0.4) is 0 Å². The zero-order valence-corrected chi connectivity index (χ0v) is 19.3. The summed E-state index contributed by atoms with van der Waals surface area (Å²) in [6.07, 6.45) is 6.71. The average molecular weight is 461 g/mol. The minimum atomic E-state index is -0.184. The largest absolute Gasteiger partial charge is 0.411 e.